The second kappa shape index (κ2) is 6.65. The summed E-state index contributed by atoms with van der Waals surface area (Å²) in [5.41, 5.74) is 0. The van der Waals surface area contributed by atoms with Gasteiger partial charge in [-0.25, -0.2) is 9.36 Å². The van der Waals surface area contributed by atoms with Crippen LogP contribution in [-0.4, -0.2) is 48.7 Å². The summed E-state index contributed by atoms with van der Waals surface area (Å²) < 4.78 is 23.6. The Morgan fingerprint density at radius 1 is 1.60 bits per heavy atom. The second-order valence-electron chi connectivity index (χ2n) is 2.27. The highest BCUT2D eigenvalue weighted by Crippen LogP contribution is 2.41. The minimum atomic E-state index is -4.23. The number of phosphoric acid groups is 1. The number of carboxylic acid groups (broad SMARTS) is 1. The fraction of sp³-hybridized carbons (Fsp3) is 0.667. The number of ether oxygens (including phenoxy) is 1. The maximum Gasteiger partial charge on any atom is 0.472 e. The highest BCUT2D eigenvalue weighted by molar-refractivity contribution is 7.47. The van der Waals surface area contributed by atoms with E-state index in [4.69, 9.17) is 10.00 Å². The van der Waals surface area contributed by atoms with Crippen molar-refractivity contribution in [2.24, 2.45) is 0 Å². The molecular weight excluding hydrogens is 231 g/mol. The molecule has 0 aromatic rings. The first-order valence-corrected chi connectivity index (χ1v) is 5.23. The number of hydrogen-bond acceptors (Lipinski definition) is 6. The molecule has 15 heavy (non-hydrogen) atoms. The Morgan fingerprint density at radius 2 is 2.20 bits per heavy atom. The largest absolute Gasteiger partial charge is 0.479 e. The Kier molecular flexibility index (Phi) is 6.30. The fourth-order valence-electron chi connectivity index (χ4n) is 0.561. The van der Waals surface area contributed by atoms with Crippen molar-refractivity contribution in [3.63, 3.8) is 0 Å². The quantitative estimate of drug-likeness (QED) is 0.428. The van der Waals surface area contributed by atoms with Gasteiger partial charge in [0, 0.05) is 7.11 Å². The number of carbonyl (C=O) groups excluding carboxylic acids is 1. The average Bonchev–Trinajstić information content (AvgIpc) is 2.17. The molecule has 0 rings (SSSR count). The summed E-state index contributed by atoms with van der Waals surface area (Å²) >= 11 is 0. The topological polar surface area (TPSA) is 119 Å². The van der Waals surface area contributed by atoms with Crippen LogP contribution >= 0.6 is 7.82 Å². The predicted octanol–water partition coefficient (Wildman–Crippen LogP) is -0.582. The molecule has 0 spiro atoms. The van der Waals surface area contributed by atoms with E-state index in [0.717, 1.165) is 7.11 Å². The smallest absolute Gasteiger partial charge is 0.472 e. The van der Waals surface area contributed by atoms with E-state index in [-0.39, 0.29) is 0 Å². The van der Waals surface area contributed by atoms with Crippen LogP contribution in [0.4, 0.5) is 0 Å². The van der Waals surface area contributed by atoms with Gasteiger partial charge in [0.25, 0.3) is 0 Å². The molecule has 0 aliphatic carbocycles. The van der Waals surface area contributed by atoms with Gasteiger partial charge in [-0.2, -0.15) is 0 Å². The fourth-order valence-corrected chi connectivity index (χ4v) is 0.990. The van der Waals surface area contributed by atoms with Gasteiger partial charge in [0.05, 0.1) is 6.61 Å². The lowest BCUT2D eigenvalue weighted by Gasteiger charge is -2.14. The van der Waals surface area contributed by atoms with Crippen LogP contribution in [-0.2, 0) is 27.9 Å². The average molecular weight is 242 g/mol. The van der Waals surface area contributed by atoms with Crippen molar-refractivity contribution in [2.75, 3.05) is 20.3 Å². The minimum absolute atomic E-state index is 0.352. The van der Waals surface area contributed by atoms with Gasteiger partial charge in [-0.3, -0.25) is 9.05 Å². The Labute approximate surface area is 85.4 Å². The third kappa shape index (κ3) is 6.32. The van der Waals surface area contributed by atoms with E-state index >= 15 is 0 Å². The Bertz CT molecular complexity index is 264. The van der Waals surface area contributed by atoms with Crippen molar-refractivity contribution in [1.29, 1.82) is 0 Å². The number of carboxylic acids is 1. The van der Waals surface area contributed by atoms with Crippen LogP contribution in [0.2, 0.25) is 0 Å². The zero-order chi connectivity index (χ0) is 11.9. The first kappa shape index (κ1) is 14.2. The van der Waals surface area contributed by atoms with E-state index in [2.05, 4.69) is 13.8 Å². The van der Waals surface area contributed by atoms with Crippen LogP contribution in [0.15, 0.2) is 0 Å². The molecule has 0 saturated carbocycles. The summed E-state index contributed by atoms with van der Waals surface area (Å²) in [4.78, 5) is 29.2. The van der Waals surface area contributed by atoms with Crippen molar-refractivity contribution in [1.82, 2.24) is 0 Å². The molecule has 8 nitrogen and oxygen atoms in total. The van der Waals surface area contributed by atoms with Crippen LogP contribution < -0.4 is 0 Å². The molecule has 0 radical (unpaired) electrons. The number of hydrogen-bond donors (Lipinski definition) is 2. The SMILES string of the molecule is COP(=O)(O)OC[C@@H](OCC=O)C(=O)O. The van der Waals surface area contributed by atoms with Crippen molar-refractivity contribution < 1.29 is 37.9 Å². The molecule has 0 saturated heterocycles. The van der Waals surface area contributed by atoms with Gasteiger partial charge in [-0.1, -0.05) is 0 Å². The number of aldehydes is 1. The van der Waals surface area contributed by atoms with E-state index in [1.54, 1.807) is 0 Å². The predicted molar refractivity (Wildman–Crippen MR) is 46.2 cm³/mol. The molecule has 0 amide bonds. The van der Waals surface area contributed by atoms with Crippen LogP contribution in [0.3, 0.4) is 0 Å². The van der Waals surface area contributed by atoms with Crippen LogP contribution in [0.5, 0.6) is 0 Å². The van der Waals surface area contributed by atoms with E-state index < -0.39 is 33.1 Å². The molecule has 0 aliphatic heterocycles. The maximum atomic E-state index is 10.8. The Balaban J connectivity index is 4.12. The van der Waals surface area contributed by atoms with Gasteiger partial charge in [0.1, 0.15) is 12.9 Å². The first-order valence-electron chi connectivity index (χ1n) is 3.74. The molecule has 88 valence electrons. The van der Waals surface area contributed by atoms with Gasteiger partial charge in [0.2, 0.25) is 0 Å². The van der Waals surface area contributed by atoms with Crippen LogP contribution in [0, 0.1) is 0 Å². The molecule has 1 unspecified atom stereocenters. The van der Waals surface area contributed by atoms with Crippen molar-refractivity contribution in [3.05, 3.63) is 0 Å². The number of carbonyl (C=O) groups is 2. The van der Waals surface area contributed by atoms with E-state index in [0.29, 0.717) is 6.29 Å². The molecule has 0 aromatic heterocycles. The van der Waals surface area contributed by atoms with Gasteiger partial charge in [0.15, 0.2) is 6.10 Å². The van der Waals surface area contributed by atoms with Crippen molar-refractivity contribution >= 4 is 20.1 Å². The molecular formula is C6H11O8P. The molecule has 2 atom stereocenters. The van der Waals surface area contributed by atoms with Gasteiger partial charge >= 0.3 is 13.8 Å². The lowest BCUT2D eigenvalue weighted by molar-refractivity contribution is -0.152. The van der Waals surface area contributed by atoms with Crippen LogP contribution in [0.25, 0.3) is 0 Å². The molecule has 9 heteroatoms. The van der Waals surface area contributed by atoms with Gasteiger partial charge in [-0.15, -0.1) is 0 Å². The Hall–Kier alpha value is -0.790. The molecule has 0 aromatic carbocycles. The zero-order valence-corrected chi connectivity index (χ0v) is 8.75. The summed E-state index contributed by atoms with van der Waals surface area (Å²) in [6.45, 7) is -1.13. The van der Waals surface area contributed by atoms with E-state index in [1.807, 2.05) is 0 Å². The number of phosphoric ester groups is 1. The third-order valence-corrected chi connectivity index (χ3v) is 2.20. The van der Waals surface area contributed by atoms with Gasteiger partial charge in [-0.05, 0) is 0 Å². The van der Waals surface area contributed by atoms with E-state index in [9.17, 15) is 14.2 Å². The summed E-state index contributed by atoms with van der Waals surface area (Å²) in [6, 6.07) is 0. The minimum Gasteiger partial charge on any atom is -0.479 e. The second-order valence-corrected chi connectivity index (χ2v) is 3.83. The van der Waals surface area contributed by atoms with Crippen LogP contribution in [0.1, 0.15) is 0 Å². The summed E-state index contributed by atoms with van der Waals surface area (Å²) in [7, 11) is -3.30. The lowest BCUT2D eigenvalue weighted by Crippen LogP contribution is -2.29. The number of rotatable bonds is 8. The standard InChI is InChI=1S/C6H11O8P/c1-12-15(10,11)14-4-5(6(8)9)13-3-2-7/h2,5H,3-4H2,1H3,(H,8,9)(H,10,11)/t5-/m1/s1. The maximum absolute atomic E-state index is 10.8. The number of aliphatic carboxylic acids is 1. The third-order valence-electron chi connectivity index (χ3n) is 1.26. The monoisotopic (exact) mass is 242 g/mol. The normalized spacial score (nSPS) is 16.7. The Morgan fingerprint density at radius 3 is 2.60 bits per heavy atom. The summed E-state index contributed by atoms with van der Waals surface area (Å²) in [6.07, 6.45) is -1.14. The molecule has 0 heterocycles. The highest BCUT2D eigenvalue weighted by Gasteiger charge is 2.25. The molecule has 0 aliphatic rings. The van der Waals surface area contributed by atoms with Crippen molar-refractivity contribution in [3.8, 4) is 0 Å². The zero-order valence-electron chi connectivity index (χ0n) is 7.86. The summed E-state index contributed by atoms with van der Waals surface area (Å²) in [5.74, 6) is -1.41. The molecule has 2 N–H and O–H groups in total. The molecule has 0 bridgehead atoms. The summed E-state index contributed by atoms with van der Waals surface area (Å²) in [5, 5.41) is 8.54. The first-order chi connectivity index (χ1) is 6.93. The lowest BCUT2D eigenvalue weighted by atomic mass is 10.4. The van der Waals surface area contributed by atoms with Crippen molar-refractivity contribution in [2.45, 2.75) is 6.10 Å². The van der Waals surface area contributed by atoms with E-state index in [1.165, 1.54) is 0 Å². The molecule has 0 fully saturated rings. The highest BCUT2D eigenvalue weighted by atomic mass is 31.2. The van der Waals surface area contributed by atoms with Gasteiger partial charge < -0.3 is 19.5 Å².